The van der Waals surface area contributed by atoms with Gasteiger partial charge >= 0.3 is 0 Å². The van der Waals surface area contributed by atoms with Crippen molar-refractivity contribution in [3.8, 4) is 0 Å². The summed E-state index contributed by atoms with van der Waals surface area (Å²) < 4.78 is 12.9. The van der Waals surface area contributed by atoms with Gasteiger partial charge in [0.2, 0.25) is 0 Å². The number of anilines is 1. The number of benzene rings is 1. The van der Waals surface area contributed by atoms with Gasteiger partial charge in [-0.15, -0.1) is 0 Å². The van der Waals surface area contributed by atoms with Crippen LogP contribution in [0.3, 0.4) is 0 Å². The van der Waals surface area contributed by atoms with Crippen molar-refractivity contribution in [1.82, 2.24) is 4.98 Å². The van der Waals surface area contributed by atoms with E-state index in [0.29, 0.717) is 29.2 Å². The zero-order chi connectivity index (χ0) is 13.8. The molecule has 1 atom stereocenters. The van der Waals surface area contributed by atoms with Crippen molar-refractivity contribution < 1.29 is 9.50 Å². The number of aromatic nitrogens is 1. The van der Waals surface area contributed by atoms with Crippen molar-refractivity contribution in [3.63, 3.8) is 0 Å². The Morgan fingerprint density at radius 3 is 2.68 bits per heavy atom. The molecule has 1 heterocycles. The van der Waals surface area contributed by atoms with E-state index < -0.39 is 6.10 Å². The summed E-state index contributed by atoms with van der Waals surface area (Å²) in [5.74, 6) is 0.0199. The highest BCUT2D eigenvalue weighted by Gasteiger charge is 2.12. The zero-order valence-corrected chi connectivity index (χ0v) is 10.9. The number of aliphatic hydroxyl groups excluding tert-OH is 1. The smallest absolute Gasteiger partial charge is 0.126 e. The third-order valence-corrected chi connectivity index (χ3v) is 3.20. The van der Waals surface area contributed by atoms with Gasteiger partial charge in [0.25, 0.3) is 0 Å². The lowest BCUT2D eigenvalue weighted by Gasteiger charge is -2.13. The maximum atomic E-state index is 12.9. The second-order valence-corrected chi connectivity index (χ2v) is 4.75. The molecule has 5 heteroatoms. The summed E-state index contributed by atoms with van der Waals surface area (Å²) in [5, 5.41) is 10.4. The van der Waals surface area contributed by atoms with Gasteiger partial charge in [0.15, 0.2) is 0 Å². The maximum absolute atomic E-state index is 12.9. The van der Waals surface area contributed by atoms with Crippen molar-refractivity contribution in [1.29, 1.82) is 0 Å². The predicted octanol–water partition coefficient (Wildman–Crippen LogP) is 2.60. The van der Waals surface area contributed by atoms with Gasteiger partial charge in [-0.2, -0.15) is 0 Å². The topological polar surface area (TPSA) is 59.1 Å². The van der Waals surface area contributed by atoms with E-state index in [2.05, 4.69) is 4.98 Å². The van der Waals surface area contributed by atoms with Gasteiger partial charge in [0.05, 0.1) is 6.10 Å². The van der Waals surface area contributed by atoms with E-state index in [1.807, 2.05) is 6.07 Å². The average Bonchev–Trinajstić information content (AvgIpc) is 2.36. The minimum absolute atomic E-state index is 0.318. The molecule has 0 aliphatic carbocycles. The standard InChI is InChI=1S/C14H14ClFN2O/c15-13-8-11(16)4-3-9(13)6-12(19)7-10-2-1-5-18-14(10)17/h1-5,8,12,19H,6-7H2,(H2,17,18). The van der Waals surface area contributed by atoms with Crippen molar-refractivity contribution in [2.75, 3.05) is 5.73 Å². The van der Waals surface area contributed by atoms with Gasteiger partial charge in [-0.1, -0.05) is 23.7 Å². The zero-order valence-electron chi connectivity index (χ0n) is 10.2. The first-order chi connectivity index (χ1) is 9.06. The fourth-order valence-electron chi connectivity index (χ4n) is 1.89. The van der Waals surface area contributed by atoms with Crippen LogP contribution in [0.4, 0.5) is 10.2 Å². The van der Waals surface area contributed by atoms with E-state index in [9.17, 15) is 9.50 Å². The summed E-state index contributed by atoms with van der Waals surface area (Å²) in [6, 6.07) is 7.73. The minimum atomic E-state index is -0.644. The normalized spacial score (nSPS) is 12.4. The van der Waals surface area contributed by atoms with Gasteiger partial charge in [-0.3, -0.25) is 0 Å². The first-order valence-corrected chi connectivity index (χ1v) is 6.25. The molecule has 100 valence electrons. The lowest BCUT2D eigenvalue weighted by Crippen LogP contribution is -2.15. The van der Waals surface area contributed by atoms with E-state index in [0.717, 1.165) is 5.56 Å². The molecule has 0 amide bonds. The molecule has 2 rings (SSSR count). The molecule has 1 aromatic heterocycles. The van der Waals surface area contributed by atoms with E-state index in [1.54, 1.807) is 18.3 Å². The predicted molar refractivity (Wildman–Crippen MR) is 73.5 cm³/mol. The largest absolute Gasteiger partial charge is 0.392 e. The van der Waals surface area contributed by atoms with Gasteiger partial charge in [0, 0.05) is 24.1 Å². The molecule has 0 fully saturated rings. The Hall–Kier alpha value is -1.65. The summed E-state index contributed by atoms with van der Waals surface area (Å²) in [6.07, 6.45) is 1.68. The molecule has 0 saturated heterocycles. The number of nitrogen functional groups attached to an aromatic ring is 1. The molecular formula is C14H14ClFN2O. The Balaban J connectivity index is 2.05. The molecule has 3 nitrogen and oxygen atoms in total. The second-order valence-electron chi connectivity index (χ2n) is 4.35. The molecule has 0 aliphatic heterocycles. The number of rotatable bonds is 4. The molecule has 1 unspecified atom stereocenters. The van der Waals surface area contributed by atoms with Crippen LogP contribution in [0.15, 0.2) is 36.5 Å². The fourth-order valence-corrected chi connectivity index (χ4v) is 2.13. The molecule has 3 N–H and O–H groups in total. The van der Waals surface area contributed by atoms with E-state index in [1.165, 1.54) is 12.1 Å². The molecule has 0 saturated carbocycles. The summed E-state index contributed by atoms with van der Waals surface area (Å²) in [6.45, 7) is 0. The highest BCUT2D eigenvalue weighted by molar-refractivity contribution is 6.31. The number of aliphatic hydroxyl groups is 1. The van der Waals surface area contributed by atoms with E-state index in [4.69, 9.17) is 17.3 Å². The average molecular weight is 281 g/mol. The summed E-state index contributed by atoms with van der Waals surface area (Å²) >= 11 is 5.92. The van der Waals surface area contributed by atoms with Crippen LogP contribution in [-0.4, -0.2) is 16.2 Å². The van der Waals surface area contributed by atoms with E-state index >= 15 is 0 Å². The maximum Gasteiger partial charge on any atom is 0.126 e. The highest BCUT2D eigenvalue weighted by Crippen LogP contribution is 2.20. The Bertz CT molecular complexity index is 577. The Kier molecular flexibility index (Phi) is 4.35. The SMILES string of the molecule is Nc1ncccc1CC(O)Cc1ccc(F)cc1Cl. The first-order valence-electron chi connectivity index (χ1n) is 5.87. The molecule has 0 spiro atoms. The van der Waals surface area contributed by atoms with Gasteiger partial charge < -0.3 is 10.8 Å². The van der Waals surface area contributed by atoms with Gasteiger partial charge in [0.1, 0.15) is 11.6 Å². The van der Waals surface area contributed by atoms with Crippen LogP contribution in [0.5, 0.6) is 0 Å². The molecule has 0 radical (unpaired) electrons. The number of nitrogens with two attached hydrogens (primary N) is 1. The van der Waals surface area contributed by atoms with Crippen molar-refractivity contribution >= 4 is 17.4 Å². The Morgan fingerprint density at radius 2 is 2.00 bits per heavy atom. The summed E-state index contributed by atoms with van der Waals surface area (Å²) in [4.78, 5) is 3.96. The van der Waals surface area contributed by atoms with Crippen LogP contribution < -0.4 is 5.73 Å². The second kappa shape index (κ2) is 5.99. The van der Waals surface area contributed by atoms with Crippen LogP contribution in [0, 0.1) is 5.82 Å². The third-order valence-electron chi connectivity index (χ3n) is 2.85. The number of hydrogen-bond donors (Lipinski definition) is 2. The fraction of sp³-hybridized carbons (Fsp3) is 0.214. The molecule has 1 aromatic carbocycles. The monoisotopic (exact) mass is 280 g/mol. The van der Waals surface area contributed by atoms with Crippen molar-refractivity contribution in [2.45, 2.75) is 18.9 Å². The summed E-state index contributed by atoms with van der Waals surface area (Å²) in [5.41, 5.74) is 7.21. The molecule has 19 heavy (non-hydrogen) atoms. The third kappa shape index (κ3) is 3.66. The van der Waals surface area contributed by atoms with Gasteiger partial charge in [-0.05, 0) is 29.3 Å². The lowest BCUT2D eigenvalue weighted by molar-refractivity contribution is 0.175. The lowest BCUT2D eigenvalue weighted by atomic mass is 10.0. The van der Waals surface area contributed by atoms with Crippen LogP contribution >= 0.6 is 11.6 Å². The van der Waals surface area contributed by atoms with Gasteiger partial charge in [-0.25, -0.2) is 9.37 Å². The van der Waals surface area contributed by atoms with Crippen LogP contribution in [-0.2, 0) is 12.8 Å². The number of nitrogens with zero attached hydrogens (tertiary/aromatic N) is 1. The van der Waals surface area contributed by atoms with Crippen molar-refractivity contribution in [3.05, 3.63) is 58.5 Å². The number of hydrogen-bond acceptors (Lipinski definition) is 3. The van der Waals surface area contributed by atoms with Crippen molar-refractivity contribution in [2.24, 2.45) is 0 Å². The Morgan fingerprint density at radius 1 is 1.26 bits per heavy atom. The molecular weight excluding hydrogens is 267 g/mol. The van der Waals surface area contributed by atoms with Crippen LogP contribution in [0.2, 0.25) is 5.02 Å². The van der Waals surface area contributed by atoms with Crippen LogP contribution in [0.1, 0.15) is 11.1 Å². The van der Waals surface area contributed by atoms with E-state index in [-0.39, 0.29) is 5.82 Å². The quantitative estimate of drug-likeness (QED) is 0.905. The minimum Gasteiger partial charge on any atom is -0.392 e. The first kappa shape index (κ1) is 13.8. The highest BCUT2D eigenvalue weighted by atomic mass is 35.5. The Labute approximate surface area is 115 Å². The number of halogens is 2. The summed E-state index contributed by atoms with van der Waals surface area (Å²) in [7, 11) is 0. The van der Waals surface area contributed by atoms with Crippen LogP contribution in [0.25, 0.3) is 0 Å². The molecule has 0 aliphatic rings. The molecule has 0 bridgehead atoms. The molecule has 2 aromatic rings. The number of pyridine rings is 1.